The third-order valence-corrected chi connectivity index (χ3v) is 7.38. The lowest BCUT2D eigenvalue weighted by Crippen LogP contribution is -2.50. The molecule has 0 aliphatic rings. The van der Waals surface area contributed by atoms with E-state index in [0.717, 1.165) is 70.6 Å². The fourth-order valence-corrected chi connectivity index (χ4v) is 4.58. The van der Waals surface area contributed by atoms with Gasteiger partial charge in [-0.25, -0.2) is 4.79 Å². The van der Waals surface area contributed by atoms with E-state index in [0.29, 0.717) is 19.3 Å². The topological polar surface area (TPSA) is 99.1 Å². The maximum absolute atomic E-state index is 12.6. The van der Waals surface area contributed by atoms with Gasteiger partial charge in [0.05, 0.1) is 34.4 Å². The van der Waals surface area contributed by atoms with Crippen molar-refractivity contribution in [3.8, 4) is 0 Å². The molecular weight excluding hydrogens is 606 g/mol. The molecule has 8 nitrogen and oxygen atoms in total. The van der Waals surface area contributed by atoms with Crippen LogP contribution in [0.4, 0.5) is 0 Å². The van der Waals surface area contributed by atoms with Gasteiger partial charge in [0.25, 0.3) is 0 Å². The Kier molecular flexibility index (Phi) is 29.0. The molecule has 8 heteroatoms. The van der Waals surface area contributed by atoms with Crippen molar-refractivity contribution in [2.24, 2.45) is 0 Å². The Labute approximate surface area is 291 Å². The number of likely N-dealkylation sites (N-methyl/N-ethyl adjacent to an activating group) is 1. The van der Waals surface area contributed by atoms with Crippen LogP contribution in [0.2, 0.25) is 0 Å². The largest absolute Gasteiger partial charge is 0.477 e. The van der Waals surface area contributed by atoms with Gasteiger partial charge in [-0.3, -0.25) is 9.59 Å². The van der Waals surface area contributed by atoms with Crippen LogP contribution in [0.25, 0.3) is 0 Å². The Morgan fingerprint density at radius 1 is 0.646 bits per heavy atom. The summed E-state index contributed by atoms with van der Waals surface area (Å²) in [5, 5.41) is 9.54. The van der Waals surface area contributed by atoms with E-state index >= 15 is 0 Å². The van der Waals surface area contributed by atoms with Crippen LogP contribution in [0.3, 0.4) is 0 Å². The lowest BCUT2D eigenvalue weighted by atomic mass is 10.1. The van der Waals surface area contributed by atoms with Crippen molar-refractivity contribution in [2.75, 3.05) is 41.0 Å². The Bertz CT molecular complexity index is 1020. The number of aliphatic carboxylic acids is 1. The summed E-state index contributed by atoms with van der Waals surface area (Å²) in [6.45, 7) is 4.41. The fourth-order valence-electron chi connectivity index (χ4n) is 4.58. The molecule has 48 heavy (non-hydrogen) atoms. The number of carboxylic acids is 1. The standard InChI is InChI=1S/C40H65NO7/c1-6-8-10-12-13-14-15-16-17-18-19-20-21-22-23-24-25-27-29-31-39(43)48-36(35-47-38(42)30-28-26-11-9-7-2)34-46-33-32-37(40(44)45)41(3,4)5/h8,10,13-14,16-17,19-20,22-23,25,27,36-37H,6-7,9,11-12,15,18,21,24,26,28-35H2,1-5H3/p+1/b10-8-,14-13-,17-16-,20-19-,23-22-,27-25-. The van der Waals surface area contributed by atoms with Gasteiger partial charge in [0.15, 0.2) is 12.1 Å². The van der Waals surface area contributed by atoms with Crippen LogP contribution in [0.15, 0.2) is 72.9 Å². The predicted octanol–water partition coefficient (Wildman–Crippen LogP) is 8.85. The van der Waals surface area contributed by atoms with Gasteiger partial charge in [-0.1, -0.05) is 112 Å². The minimum atomic E-state index is -0.892. The van der Waals surface area contributed by atoms with E-state index < -0.39 is 24.1 Å². The number of carboxylic acid groups (broad SMARTS) is 1. The number of hydrogen-bond donors (Lipinski definition) is 1. The van der Waals surface area contributed by atoms with Crippen molar-refractivity contribution in [2.45, 2.75) is 122 Å². The molecule has 0 spiro atoms. The van der Waals surface area contributed by atoms with Gasteiger partial charge in [0.2, 0.25) is 0 Å². The second kappa shape index (κ2) is 31.1. The smallest absolute Gasteiger partial charge is 0.362 e. The summed E-state index contributed by atoms with van der Waals surface area (Å²) in [5.41, 5.74) is 0. The zero-order valence-corrected chi connectivity index (χ0v) is 30.7. The first-order chi connectivity index (χ1) is 23.1. The second-order valence-electron chi connectivity index (χ2n) is 12.7. The minimum Gasteiger partial charge on any atom is -0.477 e. The number of carbonyl (C=O) groups is 3. The number of allylic oxidation sites excluding steroid dienone is 12. The second-order valence-corrected chi connectivity index (χ2v) is 12.7. The van der Waals surface area contributed by atoms with Crippen LogP contribution in [0.1, 0.15) is 110 Å². The summed E-state index contributed by atoms with van der Waals surface area (Å²) < 4.78 is 17.0. The highest BCUT2D eigenvalue weighted by Crippen LogP contribution is 2.10. The third kappa shape index (κ3) is 29.0. The van der Waals surface area contributed by atoms with E-state index in [1.165, 1.54) is 0 Å². The molecule has 0 bridgehead atoms. The van der Waals surface area contributed by atoms with Gasteiger partial charge in [0.1, 0.15) is 6.61 Å². The number of carbonyl (C=O) groups excluding carboxylic acids is 2. The molecule has 0 aliphatic carbocycles. The van der Waals surface area contributed by atoms with Gasteiger partial charge >= 0.3 is 17.9 Å². The number of esters is 2. The van der Waals surface area contributed by atoms with E-state index in [9.17, 15) is 19.5 Å². The van der Waals surface area contributed by atoms with E-state index in [1.54, 1.807) is 0 Å². The average molecular weight is 673 g/mol. The number of nitrogens with zero attached hydrogens (tertiary/aromatic N) is 1. The monoisotopic (exact) mass is 672 g/mol. The van der Waals surface area contributed by atoms with Crippen molar-refractivity contribution < 1.29 is 38.2 Å². The zero-order chi connectivity index (χ0) is 35.7. The van der Waals surface area contributed by atoms with E-state index in [1.807, 2.05) is 33.3 Å². The highest BCUT2D eigenvalue weighted by atomic mass is 16.6. The molecule has 0 rings (SSSR count). The predicted molar refractivity (Wildman–Crippen MR) is 197 cm³/mol. The Balaban J connectivity index is 4.49. The maximum atomic E-state index is 12.6. The van der Waals surface area contributed by atoms with Crippen molar-refractivity contribution in [1.82, 2.24) is 0 Å². The van der Waals surface area contributed by atoms with Crippen LogP contribution in [-0.4, -0.2) is 80.6 Å². The van der Waals surface area contributed by atoms with E-state index in [4.69, 9.17) is 14.2 Å². The molecular formula is C40H66NO7+. The lowest BCUT2D eigenvalue weighted by molar-refractivity contribution is -0.887. The van der Waals surface area contributed by atoms with Gasteiger partial charge < -0.3 is 23.8 Å². The summed E-state index contributed by atoms with van der Waals surface area (Å²) in [4.78, 5) is 36.4. The minimum absolute atomic E-state index is 0.0267. The molecule has 0 heterocycles. The molecule has 2 unspecified atom stereocenters. The molecule has 272 valence electrons. The summed E-state index contributed by atoms with van der Waals surface area (Å²) in [6.07, 6.45) is 37.1. The Morgan fingerprint density at radius 3 is 1.67 bits per heavy atom. The van der Waals surface area contributed by atoms with Gasteiger partial charge in [0, 0.05) is 19.3 Å². The molecule has 0 aliphatic heterocycles. The molecule has 0 saturated heterocycles. The molecule has 0 fully saturated rings. The number of unbranched alkanes of at least 4 members (excludes halogenated alkanes) is 4. The first-order valence-corrected chi connectivity index (χ1v) is 18.0. The molecule has 0 amide bonds. The van der Waals surface area contributed by atoms with Crippen molar-refractivity contribution in [3.05, 3.63) is 72.9 Å². The number of rotatable bonds is 30. The summed E-state index contributed by atoms with van der Waals surface area (Å²) >= 11 is 0. The SMILES string of the molecule is CC/C=C\C/C=C\C/C=C\C/C=C\C/C=C\C/C=C\CCC(=O)OC(COCCC(C(=O)O)[N+](C)(C)C)COC(=O)CCCCCCC. The van der Waals surface area contributed by atoms with Crippen LogP contribution in [0.5, 0.6) is 0 Å². The van der Waals surface area contributed by atoms with Crippen LogP contribution >= 0.6 is 0 Å². The van der Waals surface area contributed by atoms with Crippen LogP contribution in [0, 0.1) is 0 Å². The summed E-state index contributed by atoms with van der Waals surface area (Å²) in [5.74, 6) is -1.61. The van der Waals surface area contributed by atoms with Gasteiger partial charge in [-0.15, -0.1) is 0 Å². The molecule has 1 N–H and O–H groups in total. The Morgan fingerprint density at radius 2 is 1.17 bits per heavy atom. The number of hydrogen-bond acceptors (Lipinski definition) is 6. The zero-order valence-electron chi connectivity index (χ0n) is 30.7. The average Bonchev–Trinajstić information content (AvgIpc) is 3.03. The van der Waals surface area contributed by atoms with Crippen molar-refractivity contribution in [3.63, 3.8) is 0 Å². The molecule has 0 aromatic rings. The quantitative estimate of drug-likeness (QED) is 0.0352. The van der Waals surface area contributed by atoms with E-state index in [-0.39, 0.29) is 36.7 Å². The van der Waals surface area contributed by atoms with Gasteiger partial charge in [-0.2, -0.15) is 0 Å². The molecule has 0 aromatic heterocycles. The van der Waals surface area contributed by atoms with Gasteiger partial charge in [-0.05, 0) is 51.4 Å². The molecule has 0 aromatic carbocycles. The maximum Gasteiger partial charge on any atom is 0.362 e. The molecule has 0 radical (unpaired) electrons. The van der Waals surface area contributed by atoms with Crippen LogP contribution < -0.4 is 0 Å². The Hall–Kier alpha value is -3.23. The van der Waals surface area contributed by atoms with Crippen molar-refractivity contribution >= 4 is 17.9 Å². The summed E-state index contributed by atoms with van der Waals surface area (Å²) in [7, 11) is 5.47. The number of ether oxygens (including phenoxy) is 3. The highest BCUT2D eigenvalue weighted by molar-refractivity contribution is 5.72. The molecule has 0 saturated carbocycles. The normalized spacial score (nSPS) is 13.9. The summed E-state index contributed by atoms with van der Waals surface area (Å²) in [6, 6.07) is -0.627. The number of quaternary nitrogens is 1. The third-order valence-electron chi connectivity index (χ3n) is 7.38. The molecule has 2 atom stereocenters. The lowest BCUT2D eigenvalue weighted by Gasteiger charge is -2.31. The first-order valence-electron chi connectivity index (χ1n) is 18.0. The fraction of sp³-hybridized carbons (Fsp3) is 0.625. The van der Waals surface area contributed by atoms with E-state index in [2.05, 4.69) is 74.6 Å². The van der Waals surface area contributed by atoms with Crippen molar-refractivity contribution in [1.29, 1.82) is 0 Å². The highest BCUT2D eigenvalue weighted by Gasteiger charge is 2.31. The first kappa shape index (κ1) is 44.8. The van der Waals surface area contributed by atoms with Crippen LogP contribution in [-0.2, 0) is 28.6 Å².